The normalized spacial score (nSPS) is 14.2. The van der Waals surface area contributed by atoms with Crippen LogP contribution in [0.3, 0.4) is 0 Å². The van der Waals surface area contributed by atoms with Crippen LogP contribution in [0.1, 0.15) is 6.92 Å². The fourth-order valence-corrected chi connectivity index (χ4v) is 1.56. The summed E-state index contributed by atoms with van der Waals surface area (Å²) in [5.74, 6) is -0.0364. The van der Waals surface area contributed by atoms with Crippen LogP contribution in [-0.4, -0.2) is 22.4 Å². The van der Waals surface area contributed by atoms with Gasteiger partial charge in [-0.2, -0.15) is 0 Å². The molecule has 0 unspecified atom stereocenters. The van der Waals surface area contributed by atoms with Gasteiger partial charge in [0.25, 0.3) is 5.69 Å². The zero-order valence-corrected chi connectivity index (χ0v) is 9.24. The highest BCUT2D eigenvalue weighted by Crippen LogP contribution is 2.22. The van der Waals surface area contributed by atoms with Crippen molar-refractivity contribution in [1.82, 2.24) is 4.90 Å². The molecular formula is C11H11N3O3. The van der Waals surface area contributed by atoms with Crippen molar-refractivity contribution in [3.05, 3.63) is 46.8 Å². The second-order valence-electron chi connectivity index (χ2n) is 3.67. The Hall–Kier alpha value is -2.37. The van der Waals surface area contributed by atoms with Crippen molar-refractivity contribution in [3.8, 4) is 0 Å². The number of benzene rings is 1. The zero-order chi connectivity index (χ0) is 12.4. The lowest BCUT2D eigenvalue weighted by Crippen LogP contribution is -2.28. The summed E-state index contributed by atoms with van der Waals surface area (Å²) in [6.45, 7) is 1.93. The van der Waals surface area contributed by atoms with E-state index in [1.807, 2.05) is 4.90 Å². The number of amides is 1. The number of carbonyl (C=O) groups is 1. The third-order valence-corrected chi connectivity index (χ3v) is 2.53. The van der Waals surface area contributed by atoms with E-state index in [2.05, 4.69) is 0 Å². The number of non-ortho nitro benzene ring substituents is 1. The molecule has 2 rings (SSSR count). The van der Waals surface area contributed by atoms with Gasteiger partial charge in [-0.1, -0.05) is 0 Å². The molecule has 0 atom stereocenters. The first-order valence-electron chi connectivity index (χ1n) is 5.04. The summed E-state index contributed by atoms with van der Waals surface area (Å²) in [6, 6.07) is 6.21. The SMILES string of the molecule is CC(=O)N1C=CN(c2ccc([N+](=O)[O-])cc2)C1. The largest absolute Gasteiger partial charge is 0.328 e. The van der Waals surface area contributed by atoms with Crippen LogP contribution in [-0.2, 0) is 4.79 Å². The first-order valence-corrected chi connectivity index (χ1v) is 5.04. The Morgan fingerprint density at radius 1 is 1.29 bits per heavy atom. The Bertz CT molecular complexity index is 481. The summed E-state index contributed by atoms with van der Waals surface area (Å²) in [5, 5.41) is 10.5. The molecule has 0 saturated heterocycles. The lowest BCUT2D eigenvalue weighted by molar-refractivity contribution is -0.384. The maximum absolute atomic E-state index is 11.1. The molecule has 1 aromatic rings. The molecule has 0 fully saturated rings. The first-order chi connectivity index (χ1) is 8.08. The highest BCUT2D eigenvalue weighted by Gasteiger charge is 2.17. The average molecular weight is 233 g/mol. The monoisotopic (exact) mass is 233 g/mol. The van der Waals surface area contributed by atoms with E-state index in [0.29, 0.717) is 6.67 Å². The third-order valence-electron chi connectivity index (χ3n) is 2.53. The molecule has 17 heavy (non-hydrogen) atoms. The summed E-state index contributed by atoms with van der Waals surface area (Å²) < 4.78 is 0. The van der Waals surface area contributed by atoms with Crippen LogP contribution in [0.25, 0.3) is 0 Å². The molecule has 6 heteroatoms. The van der Waals surface area contributed by atoms with Crippen LogP contribution in [0.4, 0.5) is 11.4 Å². The maximum Gasteiger partial charge on any atom is 0.269 e. The van der Waals surface area contributed by atoms with E-state index < -0.39 is 4.92 Å². The van der Waals surface area contributed by atoms with Crippen LogP contribution in [0.15, 0.2) is 36.7 Å². The molecule has 88 valence electrons. The standard InChI is InChI=1S/C11H11N3O3/c1-9(15)12-6-7-13(8-12)10-2-4-11(5-3-10)14(16)17/h2-7H,8H2,1H3. The van der Waals surface area contributed by atoms with Crippen molar-refractivity contribution >= 4 is 17.3 Å². The van der Waals surface area contributed by atoms with Crippen LogP contribution >= 0.6 is 0 Å². The van der Waals surface area contributed by atoms with Crippen LogP contribution in [0, 0.1) is 10.1 Å². The number of nitro benzene ring substituents is 1. The molecule has 0 radical (unpaired) electrons. The van der Waals surface area contributed by atoms with Gasteiger partial charge >= 0.3 is 0 Å². The Balaban J connectivity index is 2.12. The molecule has 1 amide bonds. The van der Waals surface area contributed by atoms with E-state index in [9.17, 15) is 14.9 Å². The number of nitrogens with zero attached hydrogens (tertiary/aromatic N) is 3. The molecule has 0 spiro atoms. The second-order valence-corrected chi connectivity index (χ2v) is 3.67. The molecule has 0 aliphatic carbocycles. The summed E-state index contributed by atoms with van der Waals surface area (Å²) in [7, 11) is 0. The van der Waals surface area contributed by atoms with Gasteiger partial charge in [0.2, 0.25) is 5.91 Å². The molecule has 6 nitrogen and oxygen atoms in total. The molecule has 1 aliphatic rings. The maximum atomic E-state index is 11.1. The van der Waals surface area contributed by atoms with E-state index in [0.717, 1.165) is 5.69 Å². The van der Waals surface area contributed by atoms with E-state index >= 15 is 0 Å². The first kappa shape index (κ1) is 11.1. The fraction of sp³-hybridized carbons (Fsp3) is 0.182. The molecule has 1 aliphatic heterocycles. The zero-order valence-electron chi connectivity index (χ0n) is 9.24. The minimum atomic E-state index is -0.439. The number of carbonyl (C=O) groups excluding carboxylic acids is 1. The average Bonchev–Trinajstić information content (AvgIpc) is 2.78. The molecule has 1 heterocycles. The fourth-order valence-electron chi connectivity index (χ4n) is 1.56. The van der Waals surface area contributed by atoms with E-state index in [-0.39, 0.29) is 11.6 Å². The molecule has 0 N–H and O–H groups in total. The van der Waals surface area contributed by atoms with Gasteiger partial charge < -0.3 is 4.90 Å². The number of anilines is 1. The van der Waals surface area contributed by atoms with Crippen molar-refractivity contribution in [1.29, 1.82) is 0 Å². The summed E-state index contributed by atoms with van der Waals surface area (Å²) in [4.78, 5) is 24.6. The molecule has 0 bridgehead atoms. The van der Waals surface area contributed by atoms with Crippen molar-refractivity contribution in [2.24, 2.45) is 0 Å². The Labute approximate surface area is 97.9 Å². The lowest BCUT2D eigenvalue weighted by Gasteiger charge is -2.18. The topological polar surface area (TPSA) is 66.7 Å². The summed E-state index contributed by atoms with van der Waals surface area (Å²) in [5.41, 5.74) is 0.871. The predicted octanol–water partition coefficient (Wildman–Crippen LogP) is 1.69. The van der Waals surface area contributed by atoms with Crippen molar-refractivity contribution in [2.45, 2.75) is 6.92 Å². The van der Waals surface area contributed by atoms with E-state index in [1.165, 1.54) is 19.1 Å². The minimum absolute atomic E-state index is 0.0364. The van der Waals surface area contributed by atoms with Crippen molar-refractivity contribution in [2.75, 3.05) is 11.6 Å². The predicted molar refractivity (Wildman–Crippen MR) is 62.1 cm³/mol. The van der Waals surface area contributed by atoms with E-state index in [1.54, 1.807) is 29.4 Å². The van der Waals surface area contributed by atoms with Gasteiger partial charge in [-0.25, -0.2) is 0 Å². The molecule has 0 saturated carbocycles. The number of nitro groups is 1. The number of hydrogen-bond donors (Lipinski definition) is 0. The van der Waals surface area contributed by atoms with Gasteiger partial charge in [0.05, 0.1) is 4.92 Å². The summed E-state index contributed by atoms with van der Waals surface area (Å²) in [6.07, 6.45) is 3.45. The molecular weight excluding hydrogens is 222 g/mol. The number of hydrogen-bond acceptors (Lipinski definition) is 4. The second kappa shape index (κ2) is 4.25. The Kier molecular flexibility index (Phi) is 2.78. The van der Waals surface area contributed by atoms with Gasteiger partial charge in [0.1, 0.15) is 6.67 Å². The van der Waals surface area contributed by atoms with Crippen molar-refractivity contribution < 1.29 is 9.72 Å². The highest BCUT2D eigenvalue weighted by molar-refractivity contribution is 5.75. The number of rotatable bonds is 2. The Morgan fingerprint density at radius 2 is 1.94 bits per heavy atom. The summed E-state index contributed by atoms with van der Waals surface area (Å²) >= 11 is 0. The minimum Gasteiger partial charge on any atom is -0.328 e. The van der Waals surface area contributed by atoms with Gasteiger partial charge in [-0.15, -0.1) is 0 Å². The highest BCUT2D eigenvalue weighted by atomic mass is 16.6. The third kappa shape index (κ3) is 2.25. The van der Waals surface area contributed by atoms with Crippen LogP contribution in [0.2, 0.25) is 0 Å². The van der Waals surface area contributed by atoms with Crippen LogP contribution in [0.5, 0.6) is 0 Å². The molecule has 0 aromatic heterocycles. The molecule has 1 aromatic carbocycles. The lowest BCUT2D eigenvalue weighted by atomic mass is 10.3. The van der Waals surface area contributed by atoms with Gasteiger partial charge in [0, 0.05) is 37.1 Å². The smallest absolute Gasteiger partial charge is 0.269 e. The Morgan fingerprint density at radius 3 is 2.41 bits per heavy atom. The van der Waals surface area contributed by atoms with Crippen molar-refractivity contribution in [3.63, 3.8) is 0 Å². The van der Waals surface area contributed by atoms with Gasteiger partial charge in [-0.3, -0.25) is 19.8 Å². The van der Waals surface area contributed by atoms with Gasteiger partial charge in [-0.05, 0) is 12.1 Å². The quantitative estimate of drug-likeness (QED) is 0.576. The van der Waals surface area contributed by atoms with E-state index in [4.69, 9.17) is 0 Å². The van der Waals surface area contributed by atoms with Gasteiger partial charge in [0.15, 0.2) is 0 Å². The van der Waals surface area contributed by atoms with Crippen LogP contribution < -0.4 is 4.90 Å².